The molecule has 0 bridgehead atoms. The smallest absolute Gasteiger partial charge is 0.158 e. The van der Waals surface area contributed by atoms with Gasteiger partial charge in [0.2, 0.25) is 0 Å². The normalized spacial score (nSPS) is 11.6. The molecule has 2 heterocycles. The van der Waals surface area contributed by atoms with Gasteiger partial charge in [-0.05, 0) is 67.3 Å². The predicted octanol–water partition coefficient (Wildman–Crippen LogP) is 4.81. The summed E-state index contributed by atoms with van der Waals surface area (Å²) in [5.41, 5.74) is 12.0. The Labute approximate surface area is 185 Å². The first-order valence-corrected chi connectivity index (χ1v) is 10.7. The molecule has 1 unspecified atom stereocenters. The first kappa shape index (κ1) is 22.2. The molecule has 3 rings (SSSR count). The second-order valence-electron chi connectivity index (χ2n) is 7.46. The SMILES string of the molecule is C=C(N)NC(C)N(c1ccc(CC)cc1)c1nc(-c2cc(CC)ccn2)ccc1NC. The molecule has 2 aromatic heterocycles. The number of rotatable bonds is 9. The van der Waals surface area contributed by atoms with Crippen LogP contribution in [-0.4, -0.2) is 23.2 Å². The molecule has 3 aromatic rings. The van der Waals surface area contributed by atoms with Crippen molar-refractivity contribution < 1.29 is 0 Å². The fraction of sp³-hybridized carbons (Fsp3) is 0.280. The van der Waals surface area contributed by atoms with Gasteiger partial charge in [0.1, 0.15) is 6.17 Å². The summed E-state index contributed by atoms with van der Waals surface area (Å²) in [5, 5.41) is 6.49. The number of benzene rings is 1. The lowest BCUT2D eigenvalue weighted by Gasteiger charge is -2.33. The number of nitrogens with one attached hydrogen (secondary N) is 2. The Morgan fingerprint density at radius 3 is 2.35 bits per heavy atom. The monoisotopic (exact) mass is 416 g/mol. The first-order chi connectivity index (χ1) is 15.0. The van der Waals surface area contributed by atoms with E-state index in [-0.39, 0.29) is 6.17 Å². The quantitative estimate of drug-likeness (QED) is 0.434. The van der Waals surface area contributed by atoms with E-state index in [1.54, 1.807) is 0 Å². The van der Waals surface area contributed by atoms with Gasteiger partial charge in [0.05, 0.1) is 22.9 Å². The zero-order valence-corrected chi connectivity index (χ0v) is 18.8. The summed E-state index contributed by atoms with van der Waals surface area (Å²) < 4.78 is 0. The molecular weight excluding hydrogens is 384 g/mol. The second-order valence-corrected chi connectivity index (χ2v) is 7.46. The molecule has 0 saturated carbocycles. The van der Waals surface area contributed by atoms with E-state index in [4.69, 9.17) is 10.7 Å². The average Bonchev–Trinajstić information content (AvgIpc) is 2.79. The summed E-state index contributed by atoms with van der Waals surface area (Å²) in [7, 11) is 1.90. The van der Waals surface area contributed by atoms with Crippen molar-refractivity contribution >= 4 is 17.2 Å². The fourth-order valence-corrected chi connectivity index (χ4v) is 3.56. The topological polar surface area (TPSA) is 79.1 Å². The number of nitrogens with two attached hydrogens (primary N) is 1. The number of hydrogen-bond donors (Lipinski definition) is 3. The minimum absolute atomic E-state index is 0.172. The number of nitrogens with zero attached hydrogens (tertiary/aromatic N) is 3. The second kappa shape index (κ2) is 9.98. The number of aryl methyl sites for hydroxylation is 2. The molecule has 6 nitrogen and oxygen atoms in total. The Kier molecular flexibility index (Phi) is 7.13. The standard InChI is InChI=1S/C25H32N6/c1-6-19-8-10-21(11-9-19)31(18(4)29-17(3)26)25-23(27-5)13-12-22(30-25)24-16-20(7-2)14-15-28-24/h8-16,18,27,29H,3,6-7,26H2,1-2,4-5H3. The van der Waals surface area contributed by atoms with Crippen molar-refractivity contribution in [1.82, 2.24) is 15.3 Å². The van der Waals surface area contributed by atoms with E-state index in [9.17, 15) is 0 Å². The Morgan fingerprint density at radius 2 is 1.74 bits per heavy atom. The highest BCUT2D eigenvalue weighted by molar-refractivity contribution is 5.76. The highest BCUT2D eigenvalue weighted by atomic mass is 15.3. The Hall–Kier alpha value is -3.54. The fourth-order valence-electron chi connectivity index (χ4n) is 3.56. The maximum Gasteiger partial charge on any atom is 0.158 e. The molecule has 0 aliphatic carbocycles. The molecule has 0 amide bonds. The van der Waals surface area contributed by atoms with Crippen molar-refractivity contribution in [3.63, 3.8) is 0 Å². The lowest BCUT2D eigenvalue weighted by molar-refractivity contribution is 0.614. The third-order valence-electron chi connectivity index (χ3n) is 5.27. The van der Waals surface area contributed by atoms with Gasteiger partial charge in [-0.2, -0.15) is 0 Å². The van der Waals surface area contributed by atoms with Gasteiger partial charge < -0.3 is 21.3 Å². The Bertz CT molecular complexity index is 1030. The van der Waals surface area contributed by atoms with Crippen LogP contribution in [0.1, 0.15) is 31.9 Å². The predicted molar refractivity (Wildman–Crippen MR) is 130 cm³/mol. The third-order valence-corrected chi connectivity index (χ3v) is 5.27. The van der Waals surface area contributed by atoms with Gasteiger partial charge in [-0.15, -0.1) is 0 Å². The van der Waals surface area contributed by atoms with Crippen LogP contribution in [0.3, 0.4) is 0 Å². The lowest BCUT2D eigenvalue weighted by Crippen LogP contribution is -2.42. The molecule has 0 aliphatic rings. The molecule has 1 atom stereocenters. The largest absolute Gasteiger partial charge is 0.386 e. The van der Waals surface area contributed by atoms with Gasteiger partial charge >= 0.3 is 0 Å². The van der Waals surface area contributed by atoms with Crippen molar-refractivity contribution in [3.05, 3.63) is 78.3 Å². The van der Waals surface area contributed by atoms with Crippen LogP contribution in [0.25, 0.3) is 11.4 Å². The minimum Gasteiger partial charge on any atom is -0.386 e. The van der Waals surface area contributed by atoms with Crippen LogP contribution in [0.2, 0.25) is 0 Å². The van der Waals surface area contributed by atoms with Gasteiger partial charge in [-0.1, -0.05) is 32.6 Å². The van der Waals surface area contributed by atoms with E-state index >= 15 is 0 Å². The molecule has 0 fully saturated rings. The molecule has 0 aliphatic heterocycles. The van der Waals surface area contributed by atoms with Gasteiger partial charge in [0.25, 0.3) is 0 Å². The van der Waals surface area contributed by atoms with Crippen LogP contribution in [0.4, 0.5) is 17.2 Å². The number of anilines is 3. The summed E-state index contributed by atoms with van der Waals surface area (Å²) in [6.07, 6.45) is 3.61. The summed E-state index contributed by atoms with van der Waals surface area (Å²) >= 11 is 0. The molecule has 162 valence electrons. The Morgan fingerprint density at radius 1 is 1.03 bits per heavy atom. The average molecular weight is 417 g/mol. The molecule has 0 spiro atoms. The number of hydrogen-bond acceptors (Lipinski definition) is 6. The summed E-state index contributed by atoms with van der Waals surface area (Å²) in [6.45, 7) is 10.1. The highest BCUT2D eigenvalue weighted by Crippen LogP contribution is 2.34. The molecule has 31 heavy (non-hydrogen) atoms. The van der Waals surface area contributed by atoms with Gasteiger partial charge in [-0.3, -0.25) is 4.98 Å². The van der Waals surface area contributed by atoms with Crippen molar-refractivity contribution in [2.45, 2.75) is 39.8 Å². The first-order valence-electron chi connectivity index (χ1n) is 10.7. The molecule has 6 heteroatoms. The maximum atomic E-state index is 5.88. The van der Waals surface area contributed by atoms with Crippen molar-refractivity contribution in [3.8, 4) is 11.4 Å². The van der Waals surface area contributed by atoms with E-state index in [0.29, 0.717) is 5.82 Å². The van der Waals surface area contributed by atoms with Crippen LogP contribution >= 0.6 is 0 Å². The third kappa shape index (κ3) is 5.15. The molecular formula is C25H32N6. The van der Waals surface area contributed by atoms with Crippen LogP contribution in [0.15, 0.2) is 67.1 Å². The van der Waals surface area contributed by atoms with Gasteiger partial charge in [-0.25, -0.2) is 4.98 Å². The van der Waals surface area contributed by atoms with E-state index < -0.39 is 0 Å². The minimum atomic E-state index is -0.172. The highest BCUT2D eigenvalue weighted by Gasteiger charge is 2.22. The lowest BCUT2D eigenvalue weighted by atomic mass is 10.1. The summed E-state index contributed by atoms with van der Waals surface area (Å²) in [4.78, 5) is 11.7. The van der Waals surface area contributed by atoms with Crippen LogP contribution in [0.5, 0.6) is 0 Å². The number of pyridine rings is 2. The molecule has 4 N–H and O–H groups in total. The van der Waals surface area contributed by atoms with Gasteiger partial charge in [0.15, 0.2) is 5.82 Å². The zero-order valence-electron chi connectivity index (χ0n) is 18.8. The van der Waals surface area contributed by atoms with Crippen LogP contribution < -0.4 is 21.3 Å². The molecule has 0 saturated heterocycles. The maximum absolute atomic E-state index is 5.88. The zero-order chi connectivity index (χ0) is 22.4. The van der Waals surface area contributed by atoms with Crippen molar-refractivity contribution in [1.29, 1.82) is 0 Å². The van der Waals surface area contributed by atoms with Crippen LogP contribution in [-0.2, 0) is 12.8 Å². The van der Waals surface area contributed by atoms with Gasteiger partial charge in [0, 0.05) is 18.9 Å². The number of aromatic nitrogens is 2. The van der Waals surface area contributed by atoms with E-state index in [2.05, 4.69) is 71.3 Å². The molecule has 0 radical (unpaired) electrons. The van der Waals surface area contributed by atoms with Crippen molar-refractivity contribution in [2.75, 3.05) is 17.3 Å². The summed E-state index contributed by atoms with van der Waals surface area (Å²) in [6, 6.07) is 16.7. The van der Waals surface area contributed by atoms with Crippen molar-refractivity contribution in [2.24, 2.45) is 5.73 Å². The van der Waals surface area contributed by atoms with E-state index in [1.807, 2.05) is 38.4 Å². The summed E-state index contributed by atoms with van der Waals surface area (Å²) in [5.74, 6) is 1.19. The van der Waals surface area contributed by atoms with E-state index in [1.165, 1.54) is 11.1 Å². The van der Waals surface area contributed by atoms with Crippen LogP contribution in [0, 0.1) is 0 Å². The Balaban J connectivity index is 2.14. The molecule has 1 aromatic carbocycles. The van der Waals surface area contributed by atoms with E-state index in [0.717, 1.165) is 41.4 Å².